The van der Waals surface area contributed by atoms with Gasteiger partial charge in [-0.05, 0) is 6.42 Å². The molecule has 1 aliphatic rings. The molecule has 1 rings (SSSR count). The molecule has 0 amide bonds. The summed E-state index contributed by atoms with van der Waals surface area (Å²) in [6.45, 7) is 3.49. The van der Waals surface area contributed by atoms with Crippen LogP contribution in [0.2, 0.25) is 0 Å². The number of carbonyl (C=O) groups is 2. The summed E-state index contributed by atoms with van der Waals surface area (Å²) in [5, 5.41) is 0. The average Bonchev–Trinajstić information content (AvgIpc) is 2.95. The molecule has 0 aromatic carbocycles. The molecule has 6 heteroatoms. The largest absolute Gasteiger partial charge is 0.420 e. The third-order valence-electron chi connectivity index (χ3n) is 1.73. The Morgan fingerprint density at radius 1 is 1.21 bits per heavy atom. The Morgan fingerprint density at radius 2 is 1.86 bits per heavy atom. The Labute approximate surface area is 80.9 Å². The van der Waals surface area contributed by atoms with Gasteiger partial charge in [-0.15, -0.1) is 0 Å². The van der Waals surface area contributed by atoms with E-state index in [0.29, 0.717) is 12.8 Å². The van der Waals surface area contributed by atoms with Crippen LogP contribution >= 0.6 is 0 Å². The van der Waals surface area contributed by atoms with Crippen molar-refractivity contribution >= 4 is 11.9 Å². The van der Waals surface area contributed by atoms with E-state index < -0.39 is 17.7 Å². The van der Waals surface area contributed by atoms with Crippen molar-refractivity contribution in [2.24, 2.45) is 0 Å². The van der Waals surface area contributed by atoms with Gasteiger partial charge in [0.25, 0.3) is 0 Å². The molecule has 0 spiro atoms. The summed E-state index contributed by atoms with van der Waals surface area (Å²) in [7, 11) is 0. The minimum Gasteiger partial charge on any atom is -0.247 e. The van der Waals surface area contributed by atoms with Gasteiger partial charge < -0.3 is 0 Å². The molecule has 0 radical (unpaired) electrons. The highest BCUT2D eigenvalue weighted by Gasteiger charge is 2.58. The molecule has 14 heavy (non-hydrogen) atoms. The van der Waals surface area contributed by atoms with E-state index in [0.717, 1.165) is 0 Å². The zero-order valence-corrected chi connectivity index (χ0v) is 8.07. The molecule has 0 saturated carbocycles. The quantitative estimate of drug-likeness (QED) is 0.384. The zero-order chi connectivity index (χ0) is 10.6. The van der Waals surface area contributed by atoms with Gasteiger partial charge in [0.2, 0.25) is 0 Å². The predicted octanol–water partition coefficient (Wildman–Crippen LogP) is 0.856. The maximum atomic E-state index is 11.1. The summed E-state index contributed by atoms with van der Waals surface area (Å²) in [6, 6.07) is 0. The van der Waals surface area contributed by atoms with Gasteiger partial charge in [-0.3, -0.25) is 0 Å². The first-order valence-corrected chi connectivity index (χ1v) is 4.43. The van der Waals surface area contributed by atoms with Gasteiger partial charge in [-0.1, -0.05) is 13.8 Å². The first-order valence-electron chi connectivity index (χ1n) is 4.43. The number of hydrogen-bond donors (Lipinski definition) is 0. The lowest BCUT2D eigenvalue weighted by molar-refractivity contribution is -0.263. The van der Waals surface area contributed by atoms with Gasteiger partial charge in [0.05, 0.1) is 0 Å². The molecule has 1 fully saturated rings. The van der Waals surface area contributed by atoms with Gasteiger partial charge in [-0.2, -0.15) is 9.78 Å². The third kappa shape index (κ3) is 2.43. The number of hydrogen-bond acceptors (Lipinski definition) is 6. The lowest BCUT2D eigenvalue weighted by Gasteiger charge is -2.03. The second-order valence-electron chi connectivity index (χ2n) is 2.85. The summed E-state index contributed by atoms with van der Waals surface area (Å²) in [4.78, 5) is 39.2. The van der Waals surface area contributed by atoms with Crippen LogP contribution in [0.4, 0.5) is 0 Å². The Morgan fingerprint density at radius 3 is 2.29 bits per heavy atom. The van der Waals surface area contributed by atoms with E-state index in [1.54, 1.807) is 6.92 Å². The highest BCUT2D eigenvalue weighted by molar-refractivity contribution is 5.79. The summed E-state index contributed by atoms with van der Waals surface area (Å²) in [5.41, 5.74) is 0. The molecule has 0 aromatic rings. The van der Waals surface area contributed by atoms with Gasteiger partial charge in [-0.25, -0.2) is 19.4 Å². The highest BCUT2D eigenvalue weighted by atomic mass is 17.4. The van der Waals surface area contributed by atoms with Crippen molar-refractivity contribution in [2.75, 3.05) is 0 Å². The van der Waals surface area contributed by atoms with Crippen LogP contribution in [0.15, 0.2) is 0 Å². The van der Waals surface area contributed by atoms with Crippen molar-refractivity contribution < 1.29 is 29.1 Å². The predicted molar refractivity (Wildman–Crippen MR) is 42.3 cm³/mol. The van der Waals surface area contributed by atoms with E-state index >= 15 is 0 Å². The molecule has 0 aromatic heterocycles. The fourth-order valence-electron chi connectivity index (χ4n) is 0.774. The molecule has 0 atom stereocenters. The fraction of sp³-hybridized carbons (Fsp3) is 0.750. The average molecular weight is 204 g/mol. The van der Waals surface area contributed by atoms with Gasteiger partial charge in [0.1, 0.15) is 0 Å². The number of rotatable bonds is 4. The van der Waals surface area contributed by atoms with E-state index in [1.165, 1.54) is 0 Å². The van der Waals surface area contributed by atoms with Crippen molar-refractivity contribution in [1.29, 1.82) is 0 Å². The third-order valence-corrected chi connectivity index (χ3v) is 1.73. The fourth-order valence-corrected chi connectivity index (χ4v) is 0.774. The Balaban J connectivity index is 2.25. The first kappa shape index (κ1) is 10.9. The van der Waals surface area contributed by atoms with E-state index in [1.807, 2.05) is 6.92 Å². The SMILES string of the molecule is CCCC(=O)OOC(=O)C1(CC)OO1. The second kappa shape index (κ2) is 4.39. The molecular formula is C8H12O6. The smallest absolute Gasteiger partial charge is 0.247 e. The summed E-state index contributed by atoms with van der Waals surface area (Å²) in [6.07, 6.45) is 1.13. The maximum absolute atomic E-state index is 11.1. The zero-order valence-electron chi connectivity index (χ0n) is 8.07. The van der Waals surface area contributed by atoms with E-state index in [4.69, 9.17) is 0 Å². The van der Waals surface area contributed by atoms with E-state index in [2.05, 4.69) is 19.6 Å². The molecule has 1 heterocycles. The standard InChI is InChI=1S/C8H12O6/c1-3-5-6(9)11-12-7(10)8(4-2)13-14-8/h3-5H2,1-2H3. The lowest BCUT2D eigenvalue weighted by atomic mass is 10.2. The Bertz CT molecular complexity index is 232. The van der Waals surface area contributed by atoms with Crippen LogP contribution in [0.1, 0.15) is 33.1 Å². The van der Waals surface area contributed by atoms with Gasteiger partial charge >= 0.3 is 17.7 Å². The van der Waals surface area contributed by atoms with Crippen molar-refractivity contribution in [2.45, 2.75) is 38.9 Å². The maximum Gasteiger partial charge on any atom is 0.420 e. The van der Waals surface area contributed by atoms with Crippen molar-refractivity contribution in [3.05, 3.63) is 0 Å². The van der Waals surface area contributed by atoms with Crippen LogP contribution in [0, 0.1) is 0 Å². The molecule has 1 saturated heterocycles. The molecule has 6 nitrogen and oxygen atoms in total. The molecule has 0 aliphatic carbocycles. The van der Waals surface area contributed by atoms with Crippen LogP contribution in [0.3, 0.4) is 0 Å². The number of carbonyl (C=O) groups excluding carboxylic acids is 2. The van der Waals surface area contributed by atoms with Crippen LogP contribution in [-0.2, 0) is 29.1 Å². The van der Waals surface area contributed by atoms with Gasteiger partial charge in [0.15, 0.2) is 0 Å². The molecule has 0 bridgehead atoms. The van der Waals surface area contributed by atoms with Crippen LogP contribution in [-0.4, -0.2) is 17.7 Å². The van der Waals surface area contributed by atoms with Crippen molar-refractivity contribution in [3.63, 3.8) is 0 Å². The van der Waals surface area contributed by atoms with Crippen molar-refractivity contribution in [1.82, 2.24) is 0 Å². The Kier molecular flexibility index (Phi) is 3.43. The topological polar surface area (TPSA) is 77.7 Å². The van der Waals surface area contributed by atoms with E-state index in [-0.39, 0.29) is 6.42 Å². The van der Waals surface area contributed by atoms with Gasteiger partial charge in [0, 0.05) is 12.8 Å². The molecule has 0 N–H and O–H groups in total. The molecule has 80 valence electrons. The lowest BCUT2D eigenvalue weighted by Crippen LogP contribution is -2.26. The monoisotopic (exact) mass is 204 g/mol. The first-order chi connectivity index (χ1) is 6.64. The molecular weight excluding hydrogens is 192 g/mol. The summed E-state index contributed by atoms with van der Waals surface area (Å²) in [5.74, 6) is -2.79. The highest BCUT2D eigenvalue weighted by Crippen LogP contribution is 2.34. The second-order valence-corrected chi connectivity index (χ2v) is 2.85. The summed E-state index contributed by atoms with van der Waals surface area (Å²) >= 11 is 0. The minimum absolute atomic E-state index is 0.202. The van der Waals surface area contributed by atoms with Crippen LogP contribution in [0.5, 0.6) is 0 Å². The van der Waals surface area contributed by atoms with Crippen LogP contribution in [0.25, 0.3) is 0 Å². The summed E-state index contributed by atoms with van der Waals surface area (Å²) < 4.78 is 0. The Hall–Kier alpha value is -1.14. The van der Waals surface area contributed by atoms with Crippen molar-refractivity contribution in [3.8, 4) is 0 Å². The van der Waals surface area contributed by atoms with E-state index in [9.17, 15) is 9.59 Å². The minimum atomic E-state index is -1.35. The van der Waals surface area contributed by atoms with Crippen LogP contribution < -0.4 is 0 Å². The molecule has 1 aliphatic heterocycles. The molecule has 0 unspecified atom stereocenters. The normalized spacial score (nSPS) is 17.3.